The van der Waals surface area contributed by atoms with Crippen LogP contribution >= 0.6 is 11.3 Å². The summed E-state index contributed by atoms with van der Waals surface area (Å²) in [5.41, 5.74) is 10.8. The maximum absolute atomic E-state index is 2.47. The molecule has 0 spiro atoms. The summed E-state index contributed by atoms with van der Waals surface area (Å²) in [5.74, 6) is 0. The molecule has 0 fully saturated rings. The average Bonchev–Trinajstić information content (AvgIpc) is 3.67. The van der Waals surface area contributed by atoms with Crippen LogP contribution in [0.25, 0.3) is 85.9 Å². The SMILES string of the molecule is c1ccc(-c2ccccc2-c2ccc(N(c3ccc4ccc5ccccc5c4c3)c3ccc(-c4cccc5ccccc45)c4sc5ccccc5c34)cc2)cc1. The van der Waals surface area contributed by atoms with Crippen molar-refractivity contribution >= 4 is 80.9 Å². The van der Waals surface area contributed by atoms with Crippen molar-refractivity contribution in [2.45, 2.75) is 0 Å². The van der Waals surface area contributed by atoms with E-state index in [0.717, 1.165) is 11.4 Å². The summed E-state index contributed by atoms with van der Waals surface area (Å²) in [6.07, 6.45) is 0. The Balaban J connectivity index is 1.16. The Bertz CT molecular complexity index is 3240. The van der Waals surface area contributed by atoms with Gasteiger partial charge in [0.15, 0.2) is 0 Å². The van der Waals surface area contributed by atoms with Gasteiger partial charge in [0, 0.05) is 37.1 Å². The standard InChI is InChI=1S/C54H35NS/c1-2-13-36(14-3-1)43-18-8-9-19-44(43)39-27-30-41(31-28-39)55(42-32-29-40-26-25-38-16-5-7-21-46(38)50(40)35-42)51-34-33-48(47-23-12-17-37-15-4-6-20-45(37)47)54-53(51)49-22-10-11-24-52(49)56-54/h1-35H. The Morgan fingerprint density at radius 3 is 1.66 bits per heavy atom. The highest BCUT2D eigenvalue weighted by atomic mass is 32.1. The van der Waals surface area contributed by atoms with E-state index in [1.54, 1.807) is 0 Å². The first-order valence-electron chi connectivity index (χ1n) is 19.2. The molecule has 1 nitrogen and oxygen atoms in total. The number of hydrogen-bond donors (Lipinski definition) is 0. The average molecular weight is 730 g/mol. The molecule has 1 heterocycles. The molecule has 0 saturated carbocycles. The lowest BCUT2D eigenvalue weighted by Gasteiger charge is -2.28. The minimum atomic E-state index is 1.11. The van der Waals surface area contributed by atoms with Gasteiger partial charge in [-0.2, -0.15) is 0 Å². The second-order valence-electron chi connectivity index (χ2n) is 14.4. The number of rotatable bonds is 6. The lowest BCUT2D eigenvalue weighted by Crippen LogP contribution is -2.10. The molecule has 0 N–H and O–H groups in total. The molecule has 0 aliphatic rings. The zero-order valence-electron chi connectivity index (χ0n) is 30.6. The molecule has 11 aromatic rings. The largest absolute Gasteiger partial charge is 0.310 e. The molecule has 262 valence electrons. The lowest BCUT2D eigenvalue weighted by atomic mass is 9.94. The van der Waals surface area contributed by atoms with Crippen molar-refractivity contribution in [1.82, 2.24) is 0 Å². The van der Waals surface area contributed by atoms with E-state index in [9.17, 15) is 0 Å². The molecule has 0 unspecified atom stereocenters. The minimum Gasteiger partial charge on any atom is -0.310 e. The normalized spacial score (nSPS) is 11.6. The predicted molar refractivity (Wildman–Crippen MR) is 243 cm³/mol. The third-order valence-electron chi connectivity index (χ3n) is 11.3. The zero-order valence-corrected chi connectivity index (χ0v) is 31.4. The van der Waals surface area contributed by atoms with Gasteiger partial charge in [-0.3, -0.25) is 0 Å². The minimum absolute atomic E-state index is 1.11. The molecule has 0 atom stereocenters. The van der Waals surface area contributed by atoms with E-state index in [4.69, 9.17) is 0 Å². The van der Waals surface area contributed by atoms with Gasteiger partial charge in [0.2, 0.25) is 0 Å². The van der Waals surface area contributed by atoms with E-state index in [0.29, 0.717) is 0 Å². The fourth-order valence-electron chi connectivity index (χ4n) is 8.62. The summed E-state index contributed by atoms with van der Waals surface area (Å²) in [5, 5.41) is 10.1. The molecular weight excluding hydrogens is 695 g/mol. The van der Waals surface area contributed by atoms with Crippen molar-refractivity contribution in [1.29, 1.82) is 0 Å². The summed E-state index contributed by atoms with van der Waals surface area (Å²) >= 11 is 1.89. The van der Waals surface area contributed by atoms with Gasteiger partial charge >= 0.3 is 0 Å². The van der Waals surface area contributed by atoms with E-state index >= 15 is 0 Å². The molecular formula is C54H35NS. The summed E-state index contributed by atoms with van der Waals surface area (Å²) in [7, 11) is 0. The molecule has 0 aliphatic carbocycles. The van der Waals surface area contributed by atoms with E-state index in [1.165, 1.54) is 91.6 Å². The molecule has 2 heteroatoms. The molecule has 10 aromatic carbocycles. The molecule has 0 amide bonds. The van der Waals surface area contributed by atoms with Crippen molar-refractivity contribution in [3.63, 3.8) is 0 Å². The first kappa shape index (κ1) is 32.4. The summed E-state index contributed by atoms with van der Waals surface area (Å²) in [4.78, 5) is 2.47. The summed E-state index contributed by atoms with van der Waals surface area (Å²) < 4.78 is 2.58. The van der Waals surface area contributed by atoms with Gasteiger partial charge in [-0.15, -0.1) is 11.3 Å². The van der Waals surface area contributed by atoms with Crippen molar-refractivity contribution in [2.75, 3.05) is 4.90 Å². The van der Waals surface area contributed by atoms with Crippen LogP contribution in [0.15, 0.2) is 212 Å². The first-order chi connectivity index (χ1) is 27.8. The van der Waals surface area contributed by atoms with Crippen LogP contribution in [-0.2, 0) is 0 Å². The highest BCUT2D eigenvalue weighted by Crippen LogP contribution is 2.49. The Labute approximate surface area is 330 Å². The maximum atomic E-state index is 2.47. The summed E-state index contributed by atoms with van der Waals surface area (Å²) in [6, 6.07) is 77.7. The fraction of sp³-hybridized carbons (Fsp3) is 0. The topological polar surface area (TPSA) is 3.24 Å². The fourth-order valence-corrected chi connectivity index (χ4v) is 9.87. The van der Waals surface area contributed by atoms with Gasteiger partial charge in [0.25, 0.3) is 0 Å². The monoisotopic (exact) mass is 729 g/mol. The van der Waals surface area contributed by atoms with Gasteiger partial charge < -0.3 is 4.90 Å². The second kappa shape index (κ2) is 13.4. The zero-order chi connectivity index (χ0) is 37.0. The van der Waals surface area contributed by atoms with Crippen LogP contribution in [-0.4, -0.2) is 0 Å². The predicted octanol–water partition coefficient (Wildman–Crippen LogP) is 16.0. The molecule has 56 heavy (non-hydrogen) atoms. The van der Waals surface area contributed by atoms with E-state index in [2.05, 4.69) is 217 Å². The highest BCUT2D eigenvalue weighted by Gasteiger charge is 2.22. The molecule has 0 aliphatic heterocycles. The third kappa shape index (κ3) is 5.38. The van der Waals surface area contributed by atoms with Gasteiger partial charge in [0.1, 0.15) is 0 Å². The Kier molecular flexibility index (Phi) is 7.75. The number of benzene rings is 10. The van der Waals surface area contributed by atoms with Crippen LogP contribution in [0.2, 0.25) is 0 Å². The van der Waals surface area contributed by atoms with Crippen molar-refractivity contribution in [3.05, 3.63) is 212 Å². The first-order valence-corrected chi connectivity index (χ1v) is 20.0. The second-order valence-corrected chi connectivity index (χ2v) is 15.5. The van der Waals surface area contributed by atoms with Gasteiger partial charge in [0.05, 0.1) is 5.69 Å². The van der Waals surface area contributed by atoms with Gasteiger partial charge in [-0.25, -0.2) is 0 Å². The quantitative estimate of drug-likeness (QED) is 0.154. The number of hydrogen-bond acceptors (Lipinski definition) is 2. The molecule has 0 saturated heterocycles. The lowest BCUT2D eigenvalue weighted by molar-refractivity contribution is 1.31. The van der Waals surface area contributed by atoms with Crippen LogP contribution < -0.4 is 4.90 Å². The van der Waals surface area contributed by atoms with E-state index in [-0.39, 0.29) is 0 Å². The molecule has 1 aromatic heterocycles. The molecule has 0 bridgehead atoms. The maximum Gasteiger partial charge on any atom is 0.0555 e. The van der Waals surface area contributed by atoms with Gasteiger partial charge in [-0.05, 0) is 96.5 Å². The van der Waals surface area contributed by atoms with Crippen LogP contribution in [0.1, 0.15) is 0 Å². The van der Waals surface area contributed by atoms with Crippen LogP contribution in [0, 0.1) is 0 Å². The van der Waals surface area contributed by atoms with Crippen molar-refractivity contribution in [3.8, 4) is 33.4 Å². The Hall–Kier alpha value is -7.00. The van der Waals surface area contributed by atoms with E-state index < -0.39 is 0 Å². The Morgan fingerprint density at radius 1 is 0.321 bits per heavy atom. The van der Waals surface area contributed by atoms with Crippen molar-refractivity contribution in [2.24, 2.45) is 0 Å². The number of thiophene rings is 1. The van der Waals surface area contributed by atoms with Gasteiger partial charge in [-0.1, -0.05) is 176 Å². The number of anilines is 3. The smallest absolute Gasteiger partial charge is 0.0555 e. The molecule has 0 radical (unpaired) electrons. The van der Waals surface area contributed by atoms with Crippen LogP contribution in [0.4, 0.5) is 17.1 Å². The van der Waals surface area contributed by atoms with Crippen molar-refractivity contribution < 1.29 is 0 Å². The molecule has 11 rings (SSSR count). The number of nitrogens with zero attached hydrogens (tertiary/aromatic N) is 1. The van der Waals surface area contributed by atoms with E-state index in [1.807, 2.05) is 11.3 Å². The third-order valence-corrected chi connectivity index (χ3v) is 12.5. The van der Waals surface area contributed by atoms with Crippen LogP contribution in [0.3, 0.4) is 0 Å². The van der Waals surface area contributed by atoms with Crippen LogP contribution in [0.5, 0.6) is 0 Å². The summed E-state index contributed by atoms with van der Waals surface area (Å²) in [6.45, 7) is 0. The Morgan fingerprint density at radius 2 is 0.875 bits per heavy atom. The highest BCUT2D eigenvalue weighted by molar-refractivity contribution is 7.26. The number of fused-ring (bicyclic) bond motifs is 7.